The van der Waals surface area contributed by atoms with Crippen molar-refractivity contribution >= 4 is 11.8 Å². The van der Waals surface area contributed by atoms with Crippen molar-refractivity contribution < 1.29 is 9.47 Å². The topological polar surface area (TPSA) is 88.0 Å². The number of aromatic amines is 1. The van der Waals surface area contributed by atoms with E-state index in [1.165, 1.54) is 11.8 Å². The number of hydrogen-bond acceptors (Lipinski definition) is 6. The second-order valence-electron chi connectivity index (χ2n) is 5.77. The molecule has 142 valence electrons. The van der Waals surface area contributed by atoms with Gasteiger partial charge in [0, 0.05) is 11.1 Å². The van der Waals surface area contributed by atoms with Crippen LogP contribution in [-0.2, 0) is 6.42 Å². The molecule has 0 radical (unpaired) electrons. The summed E-state index contributed by atoms with van der Waals surface area (Å²) in [7, 11) is 1.56. The Bertz CT molecular complexity index is 916. The molecule has 0 saturated carbocycles. The molecule has 0 bridgehead atoms. The van der Waals surface area contributed by atoms with Crippen molar-refractivity contribution in [2.45, 2.75) is 31.3 Å². The first-order chi connectivity index (χ1) is 13.1. The van der Waals surface area contributed by atoms with E-state index in [0.717, 1.165) is 18.4 Å². The van der Waals surface area contributed by atoms with Crippen LogP contribution in [0.1, 0.15) is 30.9 Å². The number of unbranched alkanes of at least 4 members (excludes halogenated alkanes) is 1. The molecule has 0 aliphatic rings. The molecule has 2 aromatic rings. The molecule has 2 rings (SSSR count). The summed E-state index contributed by atoms with van der Waals surface area (Å²) in [6.07, 6.45) is 6.10. The van der Waals surface area contributed by atoms with Gasteiger partial charge in [-0.25, -0.2) is 4.98 Å². The number of methoxy groups -OCH3 is 1. The van der Waals surface area contributed by atoms with Crippen molar-refractivity contribution in [3.63, 3.8) is 0 Å². The summed E-state index contributed by atoms with van der Waals surface area (Å²) in [4.78, 5) is 19.3. The van der Waals surface area contributed by atoms with Gasteiger partial charge in [-0.15, -0.1) is 6.58 Å². The first-order valence-electron chi connectivity index (χ1n) is 8.62. The normalized spacial score (nSPS) is 10.3. The molecule has 0 fully saturated rings. The van der Waals surface area contributed by atoms with Crippen LogP contribution in [0.5, 0.6) is 11.5 Å². The third-order valence-electron chi connectivity index (χ3n) is 3.94. The molecule has 6 nitrogen and oxygen atoms in total. The average molecular weight is 385 g/mol. The SMILES string of the molecule is C=CCc1cc(-c2nc(SC)[nH]c(=O)c2C#N)cc(OC)c1OCCCC. The van der Waals surface area contributed by atoms with Gasteiger partial charge < -0.3 is 14.5 Å². The predicted molar refractivity (Wildman–Crippen MR) is 108 cm³/mol. The fourth-order valence-corrected chi connectivity index (χ4v) is 2.98. The molecule has 0 aliphatic carbocycles. The van der Waals surface area contributed by atoms with E-state index in [-0.39, 0.29) is 5.56 Å². The summed E-state index contributed by atoms with van der Waals surface area (Å²) in [6, 6.07) is 5.58. The Morgan fingerprint density at radius 3 is 2.81 bits per heavy atom. The number of nitrogens with zero attached hydrogens (tertiary/aromatic N) is 2. The van der Waals surface area contributed by atoms with Crippen LogP contribution in [0.15, 0.2) is 34.7 Å². The number of nitriles is 1. The van der Waals surface area contributed by atoms with E-state index in [1.807, 2.05) is 18.4 Å². The van der Waals surface area contributed by atoms with Gasteiger partial charge in [0.2, 0.25) is 0 Å². The molecule has 27 heavy (non-hydrogen) atoms. The highest BCUT2D eigenvalue weighted by atomic mass is 32.2. The van der Waals surface area contributed by atoms with E-state index in [4.69, 9.17) is 9.47 Å². The van der Waals surface area contributed by atoms with Crippen molar-refractivity contribution in [1.82, 2.24) is 9.97 Å². The van der Waals surface area contributed by atoms with E-state index < -0.39 is 5.56 Å². The van der Waals surface area contributed by atoms with Gasteiger partial charge >= 0.3 is 0 Å². The lowest BCUT2D eigenvalue weighted by Gasteiger charge is -2.17. The molecule has 7 heteroatoms. The number of rotatable bonds is 9. The Hall–Kier alpha value is -2.72. The van der Waals surface area contributed by atoms with Gasteiger partial charge in [-0.3, -0.25) is 4.79 Å². The fraction of sp³-hybridized carbons (Fsp3) is 0.350. The predicted octanol–water partition coefficient (Wildman–Crippen LogP) is 3.95. The van der Waals surface area contributed by atoms with Crippen LogP contribution in [-0.4, -0.2) is 29.9 Å². The summed E-state index contributed by atoms with van der Waals surface area (Å²) >= 11 is 1.30. The average Bonchev–Trinajstić information content (AvgIpc) is 2.68. The number of H-pyrrole nitrogens is 1. The maximum absolute atomic E-state index is 12.2. The Morgan fingerprint density at radius 1 is 1.44 bits per heavy atom. The second-order valence-corrected chi connectivity index (χ2v) is 6.57. The molecule has 1 heterocycles. The van der Waals surface area contributed by atoms with E-state index in [2.05, 4.69) is 23.5 Å². The van der Waals surface area contributed by atoms with Crippen molar-refractivity contribution in [2.75, 3.05) is 20.0 Å². The summed E-state index contributed by atoms with van der Waals surface area (Å²) < 4.78 is 11.5. The van der Waals surface area contributed by atoms with Crippen LogP contribution in [0.2, 0.25) is 0 Å². The number of hydrogen-bond donors (Lipinski definition) is 1. The maximum Gasteiger partial charge on any atom is 0.270 e. The Morgan fingerprint density at radius 2 is 2.22 bits per heavy atom. The minimum Gasteiger partial charge on any atom is -0.493 e. The van der Waals surface area contributed by atoms with E-state index in [1.54, 1.807) is 19.3 Å². The van der Waals surface area contributed by atoms with Crippen LogP contribution in [0, 0.1) is 11.3 Å². The summed E-state index contributed by atoms with van der Waals surface area (Å²) in [6.45, 7) is 6.48. The van der Waals surface area contributed by atoms with Crippen molar-refractivity contribution in [2.24, 2.45) is 0 Å². The van der Waals surface area contributed by atoms with Gasteiger partial charge in [0.25, 0.3) is 5.56 Å². The molecule has 1 N–H and O–H groups in total. The summed E-state index contributed by atoms with van der Waals surface area (Å²) in [5.74, 6) is 1.19. The van der Waals surface area contributed by atoms with Gasteiger partial charge in [-0.1, -0.05) is 31.2 Å². The van der Waals surface area contributed by atoms with Crippen LogP contribution < -0.4 is 15.0 Å². The number of aromatic nitrogens is 2. The molecular formula is C20H23N3O3S. The molecule has 0 spiro atoms. The molecule has 0 atom stereocenters. The van der Waals surface area contributed by atoms with Crippen LogP contribution in [0.25, 0.3) is 11.3 Å². The second kappa shape index (κ2) is 9.83. The largest absolute Gasteiger partial charge is 0.493 e. The summed E-state index contributed by atoms with van der Waals surface area (Å²) in [5.41, 5.74) is 1.34. The van der Waals surface area contributed by atoms with E-state index >= 15 is 0 Å². The molecular weight excluding hydrogens is 362 g/mol. The zero-order valence-corrected chi connectivity index (χ0v) is 16.6. The van der Waals surface area contributed by atoms with Crippen LogP contribution in [0.3, 0.4) is 0 Å². The smallest absolute Gasteiger partial charge is 0.270 e. The van der Waals surface area contributed by atoms with Gasteiger partial charge in [-0.05, 0) is 31.2 Å². The number of thioether (sulfide) groups is 1. The quantitative estimate of drug-likeness (QED) is 0.304. The number of allylic oxidation sites excluding steroid dienone is 1. The molecule has 0 unspecified atom stereocenters. The minimum absolute atomic E-state index is 0.0287. The third kappa shape index (κ3) is 4.72. The molecule has 0 saturated heterocycles. The Labute approximate surface area is 163 Å². The summed E-state index contributed by atoms with van der Waals surface area (Å²) in [5, 5.41) is 9.88. The lowest BCUT2D eigenvalue weighted by molar-refractivity contribution is 0.286. The number of ether oxygens (including phenoxy) is 2. The first kappa shape index (κ1) is 20.6. The molecule has 1 aromatic heterocycles. The first-order valence-corrected chi connectivity index (χ1v) is 9.85. The number of nitrogens with one attached hydrogen (secondary N) is 1. The molecule has 0 amide bonds. The fourth-order valence-electron chi connectivity index (χ4n) is 2.60. The van der Waals surface area contributed by atoms with Crippen LogP contribution in [0.4, 0.5) is 0 Å². The minimum atomic E-state index is -0.459. The Balaban J connectivity index is 2.67. The lowest BCUT2D eigenvalue weighted by atomic mass is 10.0. The van der Waals surface area contributed by atoms with Crippen molar-refractivity contribution in [3.8, 4) is 28.8 Å². The number of benzene rings is 1. The highest BCUT2D eigenvalue weighted by Gasteiger charge is 2.18. The third-order valence-corrected chi connectivity index (χ3v) is 4.52. The van der Waals surface area contributed by atoms with Crippen LogP contribution >= 0.6 is 11.8 Å². The lowest BCUT2D eigenvalue weighted by Crippen LogP contribution is -2.14. The van der Waals surface area contributed by atoms with Gasteiger partial charge in [0.05, 0.1) is 19.4 Å². The van der Waals surface area contributed by atoms with Gasteiger partial charge in [0.15, 0.2) is 16.7 Å². The van der Waals surface area contributed by atoms with Crippen molar-refractivity contribution in [3.05, 3.63) is 46.3 Å². The van der Waals surface area contributed by atoms with Gasteiger partial charge in [-0.2, -0.15) is 5.26 Å². The van der Waals surface area contributed by atoms with E-state index in [9.17, 15) is 10.1 Å². The van der Waals surface area contributed by atoms with E-state index in [0.29, 0.717) is 40.9 Å². The van der Waals surface area contributed by atoms with Crippen molar-refractivity contribution in [1.29, 1.82) is 5.26 Å². The standard InChI is InChI=1S/C20H23N3O3S/c1-5-7-9-26-18-13(8-6-2)10-14(11-16(18)25-3)17-15(12-21)19(24)23-20(22-17)27-4/h6,10-11H,2,5,7-9H2,1,3-4H3,(H,22,23,24). The maximum atomic E-state index is 12.2. The Kier molecular flexibility index (Phi) is 7.50. The van der Waals surface area contributed by atoms with Gasteiger partial charge in [0.1, 0.15) is 11.6 Å². The zero-order chi connectivity index (χ0) is 19.8. The monoisotopic (exact) mass is 385 g/mol. The molecule has 0 aliphatic heterocycles. The zero-order valence-electron chi connectivity index (χ0n) is 15.8. The molecule has 1 aromatic carbocycles. The highest BCUT2D eigenvalue weighted by Crippen LogP contribution is 2.37. The highest BCUT2D eigenvalue weighted by molar-refractivity contribution is 7.98.